The van der Waals surface area contributed by atoms with Gasteiger partial charge < -0.3 is 9.84 Å². The standard InChI is InChI=1S/C14H14F3N3O4/c1-9-12(8-21)19(18-13(9)14(15,16)17)6-7-24-11-4-2-10(3-5-11)20(22)23/h2-5,21H,6-8H2,1H3. The van der Waals surface area contributed by atoms with Gasteiger partial charge in [0, 0.05) is 17.7 Å². The summed E-state index contributed by atoms with van der Waals surface area (Å²) >= 11 is 0. The van der Waals surface area contributed by atoms with Crippen molar-refractivity contribution < 1.29 is 27.9 Å². The Morgan fingerprint density at radius 1 is 1.33 bits per heavy atom. The Morgan fingerprint density at radius 3 is 2.46 bits per heavy atom. The van der Waals surface area contributed by atoms with Crippen LogP contribution in [0.15, 0.2) is 24.3 Å². The molecule has 10 heteroatoms. The van der Waals surface area contributed by atoms with Crippen LogP contribution in [0.3, 0.4) is 0 Å². The van der Waals surface area contributed by atoms with E-state index in [4.69, 9.17) is 4.74 Å². The van der Waals surface area contributed by atoms with Crippen LogP contribution in [0.5, 0.6) is 5.75 Å². The predicted octanol–water partition coefficient (Wildman–Crippen LogP) is 2.69. The average Bonchev–Trinajstić information content (AvgIpc) is 2.84. The lowest BCUT2D eigenvalue weighted by molar-refractivity contribution is -0.384. The number of nitro benzene ring substituents is 1. The Kier molecular flexibility index (Phi) is 5.07. The summed E-state index contributed by atoms with van der Waals surface area (Å²) < 4.78 is 44.9. The number of ether oxygens (including phenoxy) is 1. The smallest absolute Gasteiger partial charge is 0.435 e. The topological polar surface area (TPSA) is 90.4 Å². The molecule has 130 valence electrons. The van der Waals surface area contributed by atoms with E-state index < -0.39 is 23.4 Å². The maximum atomic E-state index is 12.8. The monoisotopic (exact) mass is 345 g/mol. The Morgan fingerprint density at radius 2 is 1.96 bits per heavy atom. The first-order valence-corrected chi connectivity index (χ1v) is 6.85. The summed E-state index contributed by atoms with van der Waals surface area (Å²) in [5.41, 5.74) is -1.20. The molecule has 0 atom stereocenters. The third kappa shape index (κ3) is 3.82. The zero-order chi connectivity index (χ0) is 17.9. The highest BCUT2D eigenvalue weighted by Gasteiger charge is 2.37. The molecule has 1 N–H and O–H groups in total. The van der Waals surface area contributed by atoms with Crippen LogP contribution in [0.2, 0.25) is 0 Å². The molecule has 0 amide bonds. The van der Waals surface area contributed by atoms with Crippen molar-refractivity contribution >= 4 is 5.69 Å². The zero-order valence-electron chi connectivity index (χ0n) is 12.6. The van der Waals surface area contributed by atoms with Gasteiger partial charge >= 0.3 is 6.18 Å². The number of hydrogen-bond donors (Lipinski definition) is 1. The number of non-ortho nitro benzene ring substituents is 1. The van der Waals surface area contributed by atoms with Gasteiger partial charge in [-0.05, 0) is 19.1 Å². The number of benzene rings is 1. The largest absolute Gasteiger partial charge is 0.492 e. The van der Waals surface area contributed by atoms with Crippen molar-refractivity contribution in [2.45, 2.75) is 26.3 Å². The predicted molar refractivity (Wildman–Crippen MR) is 76.5 cm³/mol. The number of hydrogen-bond acceptors (Lipinski definition) is 5. The van der Waals surface area contributed by atoms with Crippen molar-refractivity contribution in [1.82, 2.24) is 9.78 Å². The van der Waals surface area contributed by atoms with Crippen molar-refractivity contribution in [1.29, 1.82) is 0 Å². The summed E-state index contributed by atoms with van der Waals surface area (Å²) in [5, 5.41) is 23.3. The lowest BCUT2D eigenvalue weighted by Crippen LogP contribution is -2.13. The number of rotatable bonds is 6. The quantitative estimate of drug-likeness (QED) is 0.642. The van der Waals surface area contributed by atoms with Crippen LogP contribution in [-0.2, 0) is 19.3 Å². The molecule has 0 radical (unpaired) electrons. The molecular weight excluding hydrogens is 331 g/mol. The van der Waals surface area contributed by atoms with E-state index >= 15 is 0 Å². The number of aliphatic hydroxyl groups is 1. The second-order valence-electron chi connectivity index (χ2n) is 4.90. The van der Waals surface area contributed by atoms with Gasteiger partial charge in [-0.1, -0.05) is 0 Å². The maximum absolute atomic E-state index is 12.8. The van der Waals surface area contributed by atoms with Crippen LogP contribution in [0.1, 0.15) is 17.0 Å². The van der Waals surface area contributed by atoms with Crippen LogP contribution < -0.4 is 4.74 Å². The van der Waals surface area contributed by atoms with Gasteiger partial charge in [0.2, 0.25) is 0 Å². The van der Waals surface area contributed by atoms with Gasteiger partial charge in [-0.15, -0.1) is 0 Å². The van der Waals surface area contributed by atoms with E-state index in [1.165, 1.54) is 31.2 Å². The first-order chi connectivity index (χ1) is 11.2. The first-order valence-electron chi connectivity index (χ1n) is 6.85. The molecular formula is C14H14F3N3O4. The number of alkyl halides is 3. The van der Waals surface area contributed by atoms with E-state index in [2.05, 4.69) is 5.10 Å². The molecule has 0 aliphatic carbocycles. The van der Waals surface area contributed by atoms with Gasteiger partial charge in [0.15, 0.2) is 5.69 Å². The molecule has 24 heavy (non-hydrogen) atoms. The molecule has 0 fully saturated rings. The van der Waals surface area contributed by atoms with E-state index in [-0.39, 0.29) is 30.1 Å². The minimum Gasteiger partial charge on any atom is -0.492 e. The normalized spacial score (nSPS) is 11.5. The lowest BCUT2D eigenvalue weighted by Gasteiger charge is -2.08. The second kappa shape index (κ2) is 6.87. The van der Waals surface area contributed by atoms with Crippen molar-refractivity contribution in [3.8, 4) is 5.75 Å². The van der Waals surface area contributed by atoms with E-state index in [1.807, 2.05) is 0 Å². The Labute approximate surface area is 134 Å². The van der Waals surface area contributed by atoms with E-state index in [0.717, 1.165) is 4.68 Å². The van der Waals surface area contributed by atoms with Crippen LogP contribution >= 0.6 is 0 Å². The summed E-state index contributed by atoms with van der Waals surface area (Å²) in [7, 11) is 0. The van der Waals surface area contributed by atoms with Crippen molar-refractivity contribution in [3.05, 3.63) is 51.3 Å². The molecule has 0 bridgehead atoms. The Hall–Kier alpha value is -2.62. The molecule has 2 rings (SSSR count). The van der Waals surface area contributed by atoms with Gasteiger partial charge in [-0.25, -0.2) is 0 Å². The summed E-state index contributed by atoms with van der Waals surface area (Å²) in [6.07, 6.45) is -4.60. The van der Waals surface area contributed by atoms with Crippen molar-refractivity contribution in [2.75, 3.05) is 6.61 Å². The fourth-order valence-electron chi connectivity index (χ4n) is 2.15. The fraction of sp³-hybridized carbons (Fsp3) is 0.357. The molecule has 0 spiro atoms. The third-order valence-corrected chi connectivity index (χ3v) is 3.36. The van der Waals surface area contributed by atoms with Gasteiger partial charge in [0.25, 0.3) is 5.69 Å². The SMILES string of the molecule is Cc1c(C(F)(F)F)nn(CCOc2ccc([N+](=O)[O-])cc2)c1CO. The average molecular weight is 345 g/mol. The number of halogens is 3. The molecule has 0 aliphatic heterocycles. The number of aromatic nitrogens is 2. The summed E-state index contributed by atoms with van der Waals surface area (Å²) in [4.78, 5) is 9.98. The Bertz CT molecular complexity index is 726. The molecule has 0 saturated carbocycles. The number of aliphatic hydroxyl groups excluding tert-OH is 1. The summed E-state index contributed by atoms with van der Waals surface area (Å²) in [6.45, 7) is 0.647. The van der Waals surface area contributed by atoms with Crippen molar-refractivity contribution in [3.63, 3.8) is 0 Å². The Balaban J connectivity index is 2.05. The molecule has 1 aromatic heterocycles. The first kappa shape index (κ1) is 17.7. The van der Waals surface area contributed by atoms with Gasteiger partial charge in [-0.2, -0.15) is 18.3 Å². The molecule has 0 aliphatic rings. The molecule has 1 heterocycles. The van der Waals surface area contributed by atoms with Crippen molar-refractivity contribution in [2.24, 2.45) is 0 Å². The van der Waals surface area contributed by atoms with Crippen LogP contribution in [0.25, 0.3) is 0 Å². The minimum atomic E-state index is -4.60. The van der Waals surface area contributed by atoms with E-state index in [0.29, 0.717) is 5.75 Å². The summed E-state index contributed by atoms with van der Waals surface area (Å²) in [6, 6.07) is 5.30. The minimum absolute atomic E-state index is 0.0101. The van der Waals surface area contributed by atoms with Crippen LogP contribution in [0.4, 0.5) is 18.9 Å². The van der Waals surface area contributed by atoms with Crippen LogP contribution in [-0.4, -0.2) is 26.4 Å². The zero-order valence-corrected chi connectivity index (χ0v) is 12.6. The lowest BCUT2D eigenvalue weighted by atomic mass is 10.2. The third-order valence-electron chi connectivity index (χ3n) is 3.36. The van der Waals surface area contributed by atoms with E-state index in [9.17, 15) is 28.4 Å². The highest BCUT2D eigenvalue weighted by Crippen LogP contribution is 2.32. The second-order valence-corrected chi connectivity index (χ2v) is 4.90. The number of nitrogens with zero attached hydrogens (tertiary/aromatic N) is 3. The van der Waals surface area contributed by atoms with Gasteiger partial charge in [-0.3, -0.25) is 14.8 Å². The molecule has 1 aromatic carbocycles. The van der Waals surface area contributed by atoms with Gasteiger partial charge in [0.1, 0.15) is 12.4 Å². The number of nitro groups is 1. The molecule has 0 saturated heterocycles. The fourth-order valence-corrected chi connectivity index (χ4v) is 2.15. The molecule has 7 nitrogen and oxygen atoms in total. The molecule has 2 aromatic rings. The van der Waals surface area contributed by atoms with Crippen LogP contribution in [0, 0.1) is 17.0 Å². The summed E-state index contributed by atoms with van der Waals surface area (Å²) in [5.74, 6) is 0.339. The highest BCUT2D eigenvalue weighted by atomic mass is 19.4. The van der Waals surface area contributed by atoms with Gasteiger partial charge in [0.05, 0.1) is 23.8 Å². The maximum Gasteiger partial charge on any atom is 0.435 e. The molecule has 0 unspecified atom stereocenters. The van der Waals surface area contributed by atoms with E-state index in [1.54, 1.807) is 0 Å². The highest BCUT2D eigenvalue weighted by molar-refractivity contribution is 5.36.